The van der Waals surface area contributed by atoms with Crippen LogP contribution in [0.1, 0.15) is 49.7 Å². The molecule has 0 atom stereocenters. The van der Waals surface area contributed by atoms with Crippen LogP contribution in [0.2, 0.25) is 5.02 Å². The second kappa shape index (κ2) is 8.21. The van der Waals surface area contributed by atoms with Crippen LogP contribution >= 0.6 is 11.6 Å². The third kappa shape index (κ3) is 4.24. The highest BCUT2D eigenvalue weighted by atomic mass is 35.5. The monoisotopic (exact) mass is 414 g/mol. The molecule has 0 bridgehead atoms. The Balaban J connectivity index is 2.28. The van der Waals surface area contributed by atoms with Crippen molar-refractivity contribution in [3.8, 4) is 0 Å². The lowest BCUT2D eigenvalue weighted by atomic mass is 10.0. The van der Waals surface area contributed by atoms with Gasteiger partial charge in [0.2, 0.25) is 0 Å². The van der Waals surface area contributed by atoms with Gasteiger partial charge in [-0.3, -0.25) is 19.1 Å². The van der Waals surface area contributed by atoms with Gasteiger partial charge in [0.1, 0.15) is 0 Å². The summed E-state index contributed by atoms with van der Waals surface area (Å²) in [4.78, 5) is 45.0. The average Bonchev–Trinajstić information content (AvgIpc) is 2.65. The van der Waals surface area contributed by atoms with Gasteiger partial charge in [0.05, 0.1) is 21.7 Å². The first-order chi connectivity index (χ1) is 13.7. The summed E-state index contributed by atoms with van der Waals surface area (Å²) in [5.74, 6) is -0.354. The number of hydrogen-bond acceptors (Lipinski definition) is 4. The van der Waals surface area contributed by atoms with Crippen molar-refractivity contribution in [3.05, 3.63) is 67.4 Å². The number of rotatable bonds is 5. The first-order valence-corrected chi connectivity index (χ1v) is 9.80. The standard InChI is InChI=1S/C21H23ClN4O3/c1-11(2)10-26-18-17(20(28)25-21(26)29)13(9-16(23-18)12(3)4)19(27)24-15-8-6-5-7-14(15)22/h5-9,11-12H,10H2,1-4H3,(H,24,27)(H,25,28,29). The summed E-state index contributed by atoms with van der Waals surface area (Å²) in [5.41, 5.74) is 0.228. The van der Waals surface area contributed by atoms with Gasteiger partial charge in [-0.2, -0.15) is 0 Å². The normalized spacial score (nSPS) is 11.4. The zero-order valence-corrected chi connectivity index (χ0v) is 17.5. The summed E-state index contributed by atoms with van der Waals surface area (Å²) in [6.07, 6.45) is 0. The Morgan fingerprint density at radius 2 is 1.90 bits per heavy atom. The Morgan fingerprint density at radius 3 is 2.52 bits per heavy atom. The lowest BCUT2D eigenvalue weighted by Crippen LogP contribution is -2.33. The van der Waals surface area contributed by atoms with Gasteiger partial charge in [0.15, 0.2) is 5.65 Å². The molecule has 3 rings (SSSR count). The van der Waals surface area contributed by atoms with E-state index in [2.05, 4.69) is 15.3 Å². The molecule has 0 aliphatic heterocycles. The van der Waals surface area contributed by atoms with Crippen molar-refractivity contribution in [2.24, 2.45) is 5.92 Å². The lowest BCUT2D eigenvalue weighted by Gasteiger charge is -2.16. The predicted octanol–water partition coefficient (Wildman–Crippen LogP) is 3.77. The molecule has 8 heteroatoms. The predicted molar refractivity (Wildman–Crippen MR) is 115 cm³/mol. The van der Waals surface area contributed by atoms with Crippen LogP contribution in [0, 0.1) is 5.92 Å². The molecule has 2 aromatic heterocycles. The molecule has 0 unspecified atom stereocenters. The average molecular weight is 415 g/mol. The summed E-state index contributed by atoms with van der Waals surface area (Å²) in [6, 6.07) is 8.43. The molecular formula is C21H23ClN4O3. The molecule has 2 heterocycles. The number of halogens is 1. The first kappa shape index (κ1) is 20.8. The molecule has 0 saturated heterocycles. The third-order valence-corrected chi connectivity index (χ3v) is 4.80. The van der Waals surface area contributed by atoms with E-state index in [1.165, 1.54) is 4.57 Å². The number of hydrogen-bond donors (Lipinski definition) is 2. The Kier molecular flexibility index (Phi) is 5.88. The molecule has 0 saturated carbocycles. The summed E-state index contributed by atoms with van der Waals surface area (Å²) in [5, 5.41) is 3.21. The van der Waals surface area contributed by atoms with Gasteiger partial charge >= 0.3 is 5.69 Å². The Labute approximate surface area is 172 Å². The van der Waals surface area contributed by atoms with E-state index in [1.807, 2.05) is 27.7 Å². The summed E-state index contributed by atoms with van der Waals surface area (Å²) in [6.45, 7) is 8.15. The van der Waals surface area contributed by atoms with Crippen LogP contribution in [0.25, 0.3) is 11.0 Å². The van der Waals surface area contributed by atoms with Gasteiger partial charge in [-0.25, -0.2) is 9.78 Å². The number of amides is 1. The molecule has 1 amide bonds. The van der Waals surface area contributed by atoms with Crippen molar-refractivity contribution in [2.75, 3.05) is 5.32 Å². The molecular weight excluding hydrogens is 392 g/mol. The van der Waals surface area contributed by atoms with Crippen molar-refractivity contribution in [1.82, 2.24) is 14.5 Å². The lowest BCUT2D eigenvalue weighted by molar-refractivity contribution is 0.102. The summed E-state index contributed by atoms with van der Waals surface area (Å²) >= 11 is 6.15. The first-order valence-electron chi connectivity index (χ1n) is 9.42. The molecule has 152 valence electrons. The quantitative estimate of drug-likeness (QED) is 0.664. The van der Waals surface area contributed by atoms with Crippen molar-refractivity contribution in [3.63, 3.8) is 0 Å². The zero-order valence-electron chi connectivity index (χ0n) is 16.7. The largest absolute Gasteiger partial charge is 0.330 e. The van der Waals surface area contributed by atoms with Crippen LogP contribution in [0.4, 0.5) is 5.69 Å². The second-order valence-electron chi connectivity index (χ2n) is 7.65. The van der Waals surface area contributed by atoms with Gasteiger partial charge < -0.3 is 5.32 Å². The van der Waals surface area contributed by atoms with E-state index in [0.717, 1.165) is 0 Å². The minimum Gasteiger partial charge on any atom is -0.321 e. The molecule has 0 aliphatic carbocycles. The van der Waals surface area contributed by atoms with Crippen molar-refractivity contribution < 1.29 is 4.79 Å². The van der Waals surface area contributed by atoms with E-state index in [4.69, 9.17) is 11.6 Å². The minimum atomic E-state index is -0.642. The van der Waals surface area contributed by atoms with Crippen LogP contribution in [-0.4, -0.2) is 20.4 Å². The number of carbonyl (C=O) groups excluding carboxylic acids is 1. The van der Waals surface area contributed by atoms with Crippen LogP contribution in [0.3, 0.4) is 0 Å². The number of pyridine rings is 1. The van der Waals surface area contributed by atoms with Gasteiger partial charge in [-0.15, -0.1) is 0 Å². The maximum atomic E-state index is 13.1. The molecule has 3 aromatic rings. The SMILES string of the molecule is CC(C)Cn1c(=O)[nH]c(=O)c2c(C(=O)Nc3ccccc3Cl)cc(C(C)C)nc21. The second-order valence-corrected chi connectivity index (χ2v) is 8.05. The maximum absolute atomic E-state index is 13.1. The number of para-hydroxylation sites is 1. The number of aromatic nitrogens is 3. The maximum Gasteiger partial charge on any atom is 0.330 e. The number of nitrogens with zero attached hydrogens (tertiary/aromatic N) is 2. The smallest absolute Gasteiger partial charge is 0.321 e. The molecule has 7 nitrogen and oxygen atoms in total. The van der Waals surface area contributed by atoms with Crippen LogP contribution in [-0.2, 0) is 6.54 Å². The topological polar surface area (TPSA) is 96.9 Å². The van der Waals surface area contributed by atoms with E-state index in [-0.39, 0.29) is 28.4 Å². The molecule has 2 N–H and O–H groups in total. The van der Waals surface area contributed by atoms with E-state index in [0.29, 0.717) is 22.9 Å². The number of benzene rings is 1. The van der Waals surface area contributed by atoms with Gasteiger partial charge in [-0.1, -0.05) is 51.4 Å². The fourth-order valence-electron chi connectivity index (χ4n) is 3.06. The van der Waals surface area contributed by atoms with E-state index in [1.54, 1.807) is 30.3 Å². The molecule has 0 fully saturated rings. The van der Waals surface area contributed by atoms with E-state index < -0.39 is 17.2 Å². The highest BCUT2D eigenvalue weighted by Crippen LogP contribution is 2.24. The Morgan fingerprint density at radius 1 is 1.21 bits per heavy atom. The fourth-order valence-corrected chi connectivity index (χ4v) is 3.24. The molecule has 0 radical (unpaired) electrons. The number of H-pyrrole nitrogens is 1. The molecule has 29 heavy (non-hydrogen) atoms. The number of fused-ring (bicyclic) bond motifs is 1. The van der Waals surface area contributed by atoms with Crippen LogP contribution in [0.15, 0.2) is 39.9 Å². The number of aromatic amines is 1. The minimum absolute atomic E-state index is 0.00634. The van der Waals surface area contributed by atoms with Gasteiger partial charge in [-0.05, 0) is 30.0 Å². The highest BCUT2D eigenvalue weighted by Gasteiger charge is 2.21. The molecule has 0 aliphatic rings. The Bertz CT molecular complexity index is 1190. The molecule has 0 spiro atoms. The summed E-state index contributed by atoms with van der Waals surface area (Å²) < 4.78 is 1.42. The van der Waals surface area contributed by atoms with E-state index in [9.17, 15) is 14.4 Å². The van der Waals surface area contributed by atoms with Crippen molar-refractivity contribution in [1.29, 1.82) is 0 Å². The van der Waals surface area contributed by atoms with Gasteiger partial charge in [0.25, 0.3) is 11.5 Å². The fraction of sp³-hybridized carbons (Fsp3) is 0.333. The number of carbonyl (C=O) groups is 1. The summed E-state index contributed by atoms with van der Waals surface area (Å²) in [7, 11) is 0. The van der Waals surface area contributed by atoms with Crippen LogP contribution < -0.4 is 16.6 Å². The molecule has 1 aromatic carbocycles. The zero-order chi connectivity index (χ0) is 21.3. The van der Waals surface area contributed by atoms with Crippen molar-refractivity contribution >= 4 is 34.2 Å². The number of anilines is 1. The van der Waals surface area contributed by atoms with Crippen molar-refractivity contribution in [2.45, 2.75) is 40.2 Å². The third-order valence-electron chi connectivity index (χ3n) is 4.47. The Hall–Kier alpha value is -2.93. The van der Waals surface area contributed by atoms with E-state index >= 15 is 0 Å². The highest BCUT2D eigenvalue weighted by molar-refractivity contribution is 6.34. The number of nitrogens with one attached hydrogen (secondary N) is 2. The van der Waals surface area contributed by atoms with Gasteiger partial charge in [0, 0.05) is 12.2 Å². The van der Waals surface area contributed by atoms with Crippen LogP contribution in [0.5, 0.6) is 0 Å².